The van der Waals surface area contributed by atoms with Gasteiger partial charge in [0.25, 0.3) is 0 Å². The lowest BCUT2D eigenvalue weighted by Crippen LogP contribution is -2.47. The average molecular weight is 252 g/mol. The van der Waals surface area contributed by atoms with Gasteiger partial charge in [-0.3, -0.25) is 4.79 Å². The summed E-state index contributed by atoms with van der Waals surface area (Å²) in [5.41, 5.74) is 0. The molecule has 1 amide bonds. The summed E-state index contributed by atoms with van der Waals surface area (Å²) in [4.78, 5) is 17.0. The molecule has 1 aliphatic carbocycles. The second-order valence-corrected chi connectivity index (χ2v) is 6.25. The van der Waals surface area contributed by atoms with E-state index in [4.69, 9.17) is 0 Å². The molecule has 0 aromatic heterocycles. The number of carbonyl (C=O) groups excluding carboxylic acids is 1. The second-order valence-electron chi connectivity index (χ2n) is 6.25. The maximum Gasteiger partial charge on any atom is 0.225 e. The summed E-state index contributed by atoms with van der Waals surface area (Å²) in [6.07, 6.45) is 9.64. The lowest BCUT2D eigenvalue weighted by Gasteiger charge is -2.38. The lowest BCUT2D eigenvalue weighted by atomic mass is 9.96. The van der Waals surface area contributed by atoms with Crippen LogP contribution in [0.2, 0.25) is 0 Å². The van der Waals surface area contributed by atoms with Crippen LogP contribution in [0.15, 0.2) is 0 Å². The molecule has 3 nitrogen and oxygen atoms in total. The molecule has 0 aromatic carbocycles. The first-order valence-corrected chi connectivity index (χ1v) is 7.63. The first kappa shape index (κ1) is 13.9. The zero-order valence-electron chi connectivity index (χ0n) is 12.0. The monoisotopic (exact) mass is 252 g/mol. The number of piperidine rings is 1. The molecule has 0 aromatic rings. The van der Waals surface area contributed by atoms with Gasteiger partial charge in [-0.2, -0.15) is 0 Å². The molecule has 0 unspecified atom stereocenters. The number of hydrogen-bond acceptors (Lipinski definition) is 2. The molecule has 0 spiro atoms. The van der Waals surface area contributed by atoms with Gasteiger partial charge in [-0.05, 0) is 59.2 Å². The van der Waals surface area contributed by atoms with Crippen LogP contribution < -0.4 is 0 Å². The molecule has 0 radical (unpaired) electrons. The molecule has 2 aliphatic rings. The maximum atomic E-state index is 12.6. The predicted molar refractivity (Wildman–Crippen MR) is 74.5 cm³/mol. The molecule has 2 rings (SSSR count). The van der Waals surface area contributed by atoms with Crippen molar-refractivity contribution < 1.29 is 4.79 Å². The van der Waals surface area contributed by atoms with Crippen LogP contribution >= 0.6 is 0 Å². The number of likely N-dealkylation sites (tertiary alicyclic amines) is 1. The highest BCUT2D eigenvalue weighted by Crippen LogP contribution is 2.30. The van der Waals surface area contributed by atoms with Crippen molar-refractivity contribution in [3.05, 3.63) is 0 Å². The minimum Gasteiger partial charge on any atom is -0.339 e. The van der Waals surface area contributed by atoms with Crippen LogP contribution in [-0.4, -0.2) is 48.9 Å². The second kappa shape index (κ2) is 6.55. The highest BCUT2D eigenvalue weighted by Gasteiger charge is 2.32. The summed E-state index contributed by atoms with van der Waals surface area (Å²) >= 11 is 0. The van der Waals surface area contributed by atoms with Crippen molar-refractivity contribution in [2.45, 2.75) is 57.4 Å². The summed E-state index contributed by atoms with van der Waals surface area (Å²) in [6, 6.07) is 0.509. The first-order chi connectivity index (χ1) is 8.68. The topological polar surface area (TPSA) is 23.6 Å². The zero-order chi connectivity index (χ0) is 13.0. The van der Waals surface area contributed by atoms with Crippen LogP contribution in [0, 0.1) is 5.92 Å². The largest absolute Gasteiger partial charge is 0.339 e. The molecule has 1 saturated carbocycles. The minimum atomic E-state index is 0.352. The van der Waals surface area contributed by atoms with Crippen molar-refractivity contribution in [1.29, 1.82) is 0 Å². The quantitative estimate of drug-likeness (QED) is 0.767. The van der Waals surface area contributed by atoms with Crippen LogP contribution in [0.4, 0.5) is 0 Å². The van der Waals surface area contributed by atoms with E-state index in [1.807, 2.05) is 0 Å². The van der Waals surface area contributed by atoms with Gasteiger partial charge in [-0.15, -0.1) is 0 Å². The van der Waals surface area contributed by atoms with Gasteiger partial charge in [0.1, 0.15) is 0 Å². The van der Waals surface area contributed by atoms with Crippen molar-refractivity contribution in [3.8, 4) is 0 Å². The Bertz CT molecular complexity index is 272. The van der Waals surface area contributed by atoms with E-state index in [0.717, 1.165) is 32.4 Å². The fraction of sp³-hybridized carbons (Fsp3) is 0.933. The fourth-order valence-corrected chi connectivity index (χ4v) is 3.41. The Kier molecular flexibility index (Phi) is 5.04. The van der Waals surface area contributed by atoms with E-state index in [2.05, 4.69) is 23.9 Å². The number of carbonyl (C=O) groups is 1. The Morgan fingerprint density at radius 2 is 1.78 bits per heavy atom. The Morgan fingerprint density at radius 1 is 1.11 bits per heavy atom. The zero-order valence-corrected chi connectivity index (χ0v) is 12.0. The molecular weight excluding hydrogens is 224 g/mol. The van der Waals surface area contributed by atoms with Gasteiger partial charge in [-0.25, -0.2) is 0 Å². The van der Waals surface area contributed by atoms with Gasteiger partial charge in [-0.1, -0.05) is 12.8 Å². The number of rotatable bonds is 4. The van der Waals surface area contributed by atoms with Crippen LogP contribution in [0.5, 0.6) is 0 Å². The van der Waals surface area contributed by atoms with Gasteiger partial charge in [0.05, 0.1) is 0 Å². The summed E-state index contributed by atoms with van der Waals surface area (Å²) in [5.74, 6) is 0.820. The molecule has 1 saturated heterocycles. The molecule has 18 heavy (non-hydrogen) atoms. The van der Waals surface area contributed by atoms with Crippen LogP contribution in [-0.2, 0) is 4.79 Å². The van der Waals surface area contributed by atoms with Crippen LogP contribution in [0.1, 0.15) is 51.4 Å². The minimum absolute atomic E-state index is 0.352. The SMILES string of the molecule is CN(C)CC[C@@H]1CCCCN1C(=O)C1CCCC1. The molecule has 1 heterocycles. The van der Waals surface area contributed by atoms with Crippen molar-refractivity contribution in [3.63, 3.8) is 0 Å². The van der Waals surface area contributed by atoms with Gasteiger partial charge in [0.2, 0.25) is 5.91 Å². The van der Waals surface area contributed by atoms with Crippen LogP contribution in [0.25, 0.3) is 0 Å². The predicted octanol–water partition coefficient (Wildman–Crippen LogP) is 2.51. The number of nitrogens with zero attached hydrogens (tertiary/aromatic N) is 2. The Balaban J connectivity index is 1.91. The Hall–Kier alpha value is -0.570. The highest BCUT2D eigenvalue weighted by molar-refractivity contribution is 5.79. The molecule has 1 aliphatic heterocycles. The van der Waals surface area contributed by atoms with E-state index < -0.39 is 0 Å². The Morgan fingerprint density at radius 3 is 2.44 bits per heavy atom. The van der Waals surface area contributed by atoms with E-state index in [1.165, 1.54) is 32.1 Å². The maximum absolute atomic E-state index is 12.6. The van der Waals surface area contributed by atoms with E-state index in [-0.39, 0.29) is 0 Å². The van der Waals surface area contributed by atoms with Crippen molar-refractivity contribution in [1.82, 2.24) is 9.80 Å². The smallest absolute Gasteiger partial charge is 0.225 e. The summed E-state index contributed by atoms with van der Waals surface area (Å²) in [6.45, 7) is 2.10. The molecule has 0 bridgehead atoms. The van der Waals surface area contributed by atoms with Crippen molar-refractivity contribution >= 4 is 5.91 Å². The fourth-order valence-electron chi connectivity index (χ4n) is 3.41. The van der Waals surface area contributed by atoms with Gasteiger partial charge >= 0.3 is 0 Å². The van der Waals surface area contributed by atoms with Gasteiger partial charge in [0, 0.05) is 18.5 Å². The normalized spacial score (nSPS) is 25.9. The first-order valence-electron chi connectivity index (χ1n) is 7.63. The van der Waals surface area contributed by atoms with Gasteiger partial charge in [0.15, 0.2) is 0 Å². The van der Waals surface area contributed by atoms with Crippen LogP contribution in [0.3, 0.4) is 0 Å². The van der Waals surface area contributed by atoms with Crippen molar-refractivity contribution in [2.75, 3.05) is 27.2 Å². The van der Waals surface area contributed by atoms with Crippen molar-refractivity contribution in [2.24, 2.45) is 5.92 Å². The molecule has 3 heteroatoms. The third kappa shape index (κ3) is 3.47. The average Bonchev–Trinajstić information content (AvgIpc) is 2.89. The molecule has 0 N–H and O–H groups in total. The third-order valence-corrected chi connectivity index (χ3v) is 4.52. The molecular formula is C15H28N2O. The van der Waals surface area contributed by atoms with Gasteiger partial charge < -0.3 is 9.80 Å². The Labute approximate surface area is 112 Å². The van der Waals surface area contributed by atoms with E-state index in [0.29, 0.717) is 17.9 Å². The van der Waals surface area contributed by atoms with E-state index in [1.54, 1.807) is 0 Å². The summed E-state index contributed by atoms with van der Waals surface area (Å²) in [7, 11) is 4.23. The van der Waals surface area contributed by atoms with E-state index in [9.17, 15) is 4.79 Å². The highest BCUT2D eigenvalue weighted by atomic mass is 16.2. The number of amides is 1. The molecule has 104 valence electrons. The number of hydrogen-bond donors (Lipinski definition) is 0. The molecule has 2 fully saturated rings. The summed E-state index contributed by atoms with van der Waals surface area (Å²) in [5, 5.41) is 0. The lowest BCUT2D eigenvalue weighted by molar-refractivity contribution is -0.139. The standard InChI is InChI=1S/C15H28N2O/c1-16(2)12-10-14-9-5-6-11-17(14)15(18)13-7-3-4-8-13/h13-14H,3-12H2,1-2H3/t14-/m0/s1. The molecule has 1 atom stereocenters. The van der Waals surface area contributed by atoms with E-state index >= 15 is 0 Å². The summed E-state index contributed by atoms with van der Waals surface area (Å²) < 4.78 is 0. The third-order valence-electron chi connectivity index (χ3n) is 4.52.